The molecule has 0 bridgehead atoms. The first-order chi connectivity index (χ1) is 25.2. The Labute approximate surface area is 307 Å². The third-order valence-corrected chi connectivity index (χ3v) is 10.7. The number of piperazine rings is 2. The molecule has 0 saturated carbocycles. The third kappa shape index (κ3) is 7.34. The van der Waals surface area contributed by atoms with Crippen molar-refractivity contribution in [3.8, 4) is 0 Å². The maximum Gasteiger partial charge on any atom is 0.258 e. The lowest BCUT2D eigenvalue weighted by Gasteiger charge is -2.33. The topological polar surface area (TPSA) is 125 Å². The Kier molecular flexibility index (Phi) is 10.4. The number of likely N-dealkylation sites (N-methyl/N-ethyl adjacent to an activating group) is 2. The molecular formula is C38H43N9O4S. The normalized spacial score (nSPS) is 18.0. The lowest BCUT2D eigenvalue weighted by atomic mass is 10.1. The first-order valence-corrected chi connectivity index (χ1v) is 18.4. The van der Waals surface area contributed by atoms with Crippen molar-refractivity contribution in [1.29, 1.82) is 0 Å². The predicted octanol–water partition coefficient (Wildman–Crippen LogP) is 4.09. The van der Waals surface area contributed by atoms with Gasteiger partial charge in [-0.05, 0) is 57.4 Å². The minimum atomic E-state index is -0.232. The highest BCUT2D eigenvalue weighted by Gasteiger charge is 2.34. The van der Waals surface area contributed by atoms with Crippen LogP contribution < -0.4 is 20.4 Å². The van der Waals surface area contributed by atoms with Crippen LogP contribution in [-0.4, -0.2) is 128 Å². The number of thiophene rings is 1. The second-order valence-corrected chi connectivity index (χ2v) is 14.6. The van der Waals surface area contributed by atoms with Gasteiger partial charge < -0.3 is 20.4 Å². The summed E-state index contributed by atoms with van der Waals surface area (Å²) < 4.78 is 0. The monoisotopic (exact) mass is 721 g/mol. The number of rotatable bonds is 4. The average Bonchev–Trinajstić information content (AvgIpc) is 3.39. The number of benzene rings is 2. The number of pyridine rings is 1. The Morgan fingerprint density at radius 3 is 1.88 bits per heavy atom. The van der Waals surface area contributed by atoms with Gasteiger partial charge in [-0.3, -0.25) is 38.8 Å². The molecule has 4 amide bonds. The molecule has 270 valence electrons. The van der Waals surface area contributed by atoms with Crippen LogP contribution in [0.2, 0.25) is 0 Å². The van der Waals surface area contributed by atoms with Crippen molar-refractivity contribution >= 4 is 69.2 Å². The predicted molar refractivity (Wildman–Crippen MR) is 204 cm³/mol. The fourth-order valence-corrected chi connectivity index (χ4v) is 7.68. The van der Waals surface area contributed by atoms with Gasteiger partial charge in [-0.25, -0.2) is 4.98 Å². The lowest BCUT2D eigenvalue weighted by Crippen LogP contribution is -2.48. The summed E-state index contributed by atoms with van der Waals surface area (Å²) in [6.07, 6.45) is 1.63. The van der Waals surface area contributed by atoms with E-state index in [0.717, 1.165) is 68.6 Å². The zero-order chi connectivity index (χ0) is 36.4. The summed E-state index contributed by atoms with van der Waals surface area (Å²) in [7, 11) is 4.18. The molecular weight excluding hydrogens is 679 g/mol. The molecule has 0 unspecified atom stereocenters. The number of amides is 4. The van der Waals surface area contributed by atoms with Gasteiger partial charge in [0.1, 0.15) is 0 Å². The summed E-state index contributed by atoms with van der Waals surface area (Å²) in [4.78, 5) is 69.2. The molecule has 0 atom stereocenters. The van der Waals surface area contributed by atoms with Gasteiger partial charge in [0.05, 0.1) is 52.7 Å². The largest absolute Gasteiger partial charge is 0.320 e. The van der Waals surface area contributed by atoms with Crippen molar-refractivity contribution in [2.45, 2.75) is 6.92 Å². The minimum Gasteiger partial charge on any atom is -0.320 e. The zero-order valence-corrected chi connectivity index (χ0v) is 30.5. The molecule has 52 heavy (non-hydrogen) atoms. The second-order valence-electron chi connectivity index (χ2n) is 13.5. The van der Waals surface area contributed by atoms with Gasteiger partial charge in [-0.2, -0.15) is 0 Å². The summed E-state index contributed by atoms with van der Waals surface area (Å²) in [6, 6.07) is 18.2. The number of hydrogen-bond donors (Lipinski definition) is 2. The van der Waals surface area contributed by atoms with E-state index in [9.17, 15) is 19.2 Å². The molecule has 2 fully saturated rings. The number of nitrogens with zero attached hydrogens (tertiary/aromatic N) is 7. The maximum atomic E-state index is 13.3. The van der Waals surface area contributed by atoms with E-state index >= 15 is 0 Å². The Morgan fingerprint density at radius 1 is 0.673 bits per heavy atom. The van der Waals surface area contributed by atoms with Crippen molar-refractivity contribution in [2.75, 3.05) is 100.0 Å². The van der Waals surface area contributed by atoms with Gasteiger partial charge in [-0.1, -0.05) is 24.3 Å². The SMILES string of the molecule is CN1CCN(CC(=O)N2c3ccccc3C(=O)Nc3cccnc32)CC1.Cc1scc2c1N(C(=O)CN1CCN(C)CC1)c1ccccc1NC2=O. The second kappa shape index (κ2) is 15.3. The highest BCUT2D eigenvalue weighted by atomic mass is 32.1. The van der Waals surface area contributed by atoms with Gasteiger partial charge in [0, 0.05) is 68.8 Å². The molecule has 0 aliphatic carbocycles. The standard InChI is InChI=1S/C19H21N5O2.C19H22N4O2S/c1-22-9-11-23(12-10-22)13-17(25)24-16-7-3-2-5-14(16)19(26)21-15-6-4-8-20-18(15)24;1-13-18-14(12-26-13)19(25)20-15-5-3-4-6-16(15)23(18)17(24)11-22-9-7-21(2)8-10-22/h2-8H,9-13H2,1H3,(H,21,26);3-6,12H,7-11H2,1-2H3,(H,20,25). The Hall–Kier alpha value is -4.99. The highest BCUT2D eigenvalue weighted by Crippen LogP contribution is 2.42. The number of anilines is 6. The van der Waals surface area contributed by atoms with Gasteiger partial charge in [-0.15, -0.1) is 11.3 Å². The minimum absolute atomic E-state index is 0.00116. The Bertz CT molecular complexity index is 1980. The van der Waals surface area contributed by atoms with Crippen molar-refractivity contribution < 1.29 is 19.2 Å². The molecule has 4 aromatic rings. The van der Waals surface area contributed by atoms with E-state index in [2.05, 4.69) is 49.3 Å². The van der Waals surface area contributed by atoms with Crippen LogP contribution in [0.3, 0.4) is 0 Å². The van der Waals surface area contributed by atoms with Crippen molar-refractivity contribution in [1.82, 2.24) is 24.6 Å². The number of aromatic nitrogens is 1. The third-order valence-electron chi connectivity index (χ3n) is 9.85. The average molecular weight is 722 g/mol. The van der Waals surface area contributed by atoms with E-state index in [1.807, 2.05) is 42.6 Å². The smallest absolute Gasteiger partial charge is 0.258 e. The number of carbonyl (C=O) groups is 4. The van der Waals surface area contributed by atoms with E-state index in [-0.39, 0.29) is 23.6 Å². The van der Waals surface area contributed by atoms with Gasteiger partial charge >= 0.3 is 0 Å². The lowest BCUT2D eigenvalue weighted by molar-refractivity contribution is -0.120. The first kappa shape index (κ1) is 35.4. The van der Waals surface area contributed by atoms with Crippen LogP contribution in [0.15, 0.2) is 72.2 Å². The van der Waals surface area contributed by atoms with E-state index in [0.29, 0.717) is 47.1 Å². The van der Waals surface area contributed by atoms with Gasteiger partial charge in [0.25, 0.3) is 11.8 Å². The quantitative estimate of drug-likeness (QED) is 0.321. The van der Waals surface area contributed by atoms with E-state index in [1.54, 1.807) is 46.3 Å². The summed E-state index contributed by atoms with van der Waals surface area (Å²) in [5.74, 6) is -0.0129. The summed E-state index contributed by atoms with van der Waals surface area (Å²) in [5, 5.41) is 7.63. The van der Waals surface area contributed by atoms with Crippen LogP contribution in [0.1, 0.15) is 25.6 Å². The number of carbonyl (C=O) groups excluding carboxylic acids is 4. The van der Waals surface area contributed by atoms with E-state index in [1.165, 1.54) is 11.3 Å². The summed E-state index contributed by atoms with van der Waals surface area (Å²) in [5.41, 5.74) is 4.27. The fraction of sp³-hybridized carbons (Fsp3) is 0.342. The molecule has 2 N–H and O–H groups in total. The first-order valence-electron chi connectivity index (χ1n) is 17.5. The van der Waals surface area contributed by atoms with Crippen LogP contribution in [-0.2, 0) is 9.59 Å². The van der Waals surface area contributed by atoms with Crippen LogP contribution in [0, 0.1) is 6.92 Å². The molecule has 2 aromatic heterocycles. The Balaban J connectivity index is 0.000000162. The van der Waals surface area contributed by atoms with Crippen LogP contribution >= 0.6 is 11.3 Å². The number of nitrogens with one attached hydrogen (secondary N) is 2. The molecule has 14 heteroatoms. The highest BCUT2D eigenvalue weighted by molar-refractivity contribution is 7.11. The van der Waals surface area contributed by atoms with Crippen LogP contribution in [0.4, 0.5) is 34.3 Å². The summed E-state index contributed by atoms with van der Waals surface area (Å²) >= 11 is 1.50. The molecule has 8 rings (SSSR count). The molecule has 0 radical (unpaired) electrons. The Morgan fingerprint density at radius 2 is 1.21 bits per heavy atom. The number of aryl methyl sites for hydroxylation is 1. The van der Waals surface area contributed by atoms with Gasteiger partial charge in [0.2, 0.25) is 11.8 Å². The van der Waals surface area contributed by atoms with Gasteiger partial charge in [0.15, 0.2) is 5.82 Å². The van der Waals surface area contributed by atoms with Crippen molar-refractivity contribution in [2.24, 2.45) is 0 Å². The molecule has 2 aromatic carbocycles. The molecule has 2 saturated heterocycles. The molecule has 4 aliphatic heterocycles. The molecule has 13 nitrogen and oxygen atoms in total. The summed E-state index contributed by atoms with van der Waals surface area (Å²) in [6.45, 7) is 9.89. The van der Waals surface area contributed by atoms with E-state index in [4.69, 9.17) is 0 Å². The maximum absolute atomic E-state index is 13.3. The van der Waals surface area contributed by atoms with E-state index < -0.39 is 0 Å². The zero-order valence-electron chi connectivity index (χ0n) is 29.7. The molecule has 0 spiro atoms. The molecule has 4 aliphatic rings. The van der Waals surface area contributed by atoms with Crippen LogP contribution in [0.25, 0.3) is 0 Å². The number of hydrogen-bond acceptors (Lipinski definition) is 10. The molecule has 6 heterocycles. The van der Waals surface area contributed by atoms with Crippen molar-refractivity contribution in [3.05, 3.63) is 88.2 Å². The van der Waals surface area contributed by atoms with Crippen molar-refractivity contribution in [3.63, 3.8) is 0 Å². The number of fused-ring (bicyclic) bond motifs is 4. The number of para-hydroxylation sites is 3. The van der Waals surface area contributed by atoms with Crippen LogP contribution in [0.5, 0.6) is 0 Å². The fourth-order valence-electron chi connectivity index (χ4n) is 6.86.